The van der Waals surface area contributed by atoms with Crippen LogP contribution in [0, 0.1) is 25.5 Å². The van der Waals surface area contributed by atoms with E-state index in [1.807, 2.05) is 0 Å². The fraction of sp³-hybridized carbons (Fsp3) is 0.375. The number of fused-ring (bicyclic) bond motifs is 1. The topological polar surface area (TPSA) is 123 Å². The molecule has 0 bridgehead atoms. The van der Waals surface area contributed by atoms with Crippen LogP contribution in [0.5, 0.6) is 5.75 Å². The first-order valence-electron chi connectivity index (χ1n) is 14.3. The third-order valence-corrected chi connectivity index (χ3v) is 8.12. The Kier molecular flexibility index (Phi) is 8.82. The number of carbonyl (C=O) groups is 2. The molecule has 3 heterocycles. The predicted molar refractivity (Wildman–Crippen MR) is 159 cm³/mol. The highest BCUT2D eigenvalue weighted by Gasteiger charge is 2.29. The van der Waals surface area contributed by atoms with Gasteiger partial charge in [0.2, 0.25) is 0 Å². The average molecular weight is 609 g/mol. The van der Waals surface area contributed by atoms with Gasteiger partial charge in [-0.15, -0.1) is 0 Å². The lowest BCUT2D eigenvalue weighted by Gasteiger charge is -2.25. The fourth-order valence-electron chi connectivity index (χ4n) is 5.55. The number of aliphatic carboxylic acids is 1. The summed E-state index contributed by atoms with van der Waals surface area (Å²) in [6, 6.07) is 3.92. The number of ether oxygens (including phenoxy) is 2. The lowest BCUT2D eigenvalue weighted by atomic mass is 9.91. The predicted octanol–water partition coefficient (Wildman–Crippen LogP) is 3.49. The van der Waals surface area contributed by atoms with E-state index in [0.29, 0.717) is 73.9 Å². The van der Waals surface area contributed by atoms with Gasteiger partial charge in [0, 0.05) is 43.5 Å². The zero-order valence-corrected chi connectivity index (χ0v) is 24.8. The number of anilines is 1. The minimum absolute atomic E-state index is 0.178. The van der Waals surface area contributed by atoms with Crippen molar-refractivity contribution in [2.24, 2.45) is 7.05 Å². The number of rotatable bonds is 7. The third-order valence-electron chi connectivity index (χ3n) is 8.12. The van der Waals surface area contributed by atoms with Crippen molar-refractivity contribution in [2.75, 3.05) is 37.8 Å². The molecule has 2 aliphatic heterocycles. The van der Waals surface area contributed by atoms with Gasteiger partial charge in [-0.2, -0.15) is 0 Å². The van der Waals surface area contributed by atoms with Crippen LogP contribution in [0.3, 0.4) is 0 Å². The summed E-state index contributed by atoms with van der Waals surface area (Å²) in [6.07, 6.45) is 1.02. The molecule has 2 aliphatic rings. The number of amides is 1. The summed E-state index contributed by atoms with van der Waals surface area (Å²) in [4.78, 5) is 44.6. The molecule has 2 aromatic carbocycles. The SMILES string of the molecule is C=C1COCCN(c2cc(F)c(C(=O)N[C@@H](Cc3ccc(-c4nc(C)c(C)n(C)c4=O)c4c3CCCO4)C(=O)O)c(F)c2)C1. The van der Waals surface area contributed by atoms with Gasteiger partial charge >= 0.3 is 5.97 Å². The summed E-state index contributed by atoms with van der Waals surface area (Å²) in [5.41, 5.74) is 3.18. The molecule has 10 nitrogen and oxygen atoms in total. The smallest absolute Gasteiger partial charge is 0.326 e. The summed E-state index contributed by atoms with van der Waals surface area (Å²) in [5.74, 6) is -4.36. The second-order valence-corrected chi connectivity index (χ2v) is 11.1. The van der Waals surface area contributed by atoms with Crippen LogP contribution in [0.25, 0.3) is 11.3 Å². The number of nitrogens with one attached hydrogen (secondary N) is 1. The molecule has 1 saturated heterocycles. The molecule has 1 atom stereocenters. The van der Waals surface area contributed by atoms with Crippen molar-refractivity contribution in [3.63, 3.8) is 0 Å². The maximum atomic E-state index is 15.2. The Balaban J connectivity index is 1.42. The maximum Gasteiger partial charge on any atom is 0.326 e. The molecular formula is C32H34F2N4O6. The minimum atomic E-state index is -1.50. The Morgan fingerprint density at radius 1 is 1.18 bits per heavy atom. The number of benzene rings is 2. The number of carbonyl (C=O) groups excluding carboxylic acids is 1. The number of carboxylic acid groups (broad SMARTS) is 1. The van der Waals surface area contributed by atoms with Gasteiger partial charge in [0.15, 0.2) is 0 Å². The second-order valence-electron chi connectivity index (χ2n) is 11.1. The zero-order valence-electron chi connectivity index (χ0n) is 24.8. The zero-order chi connectivity index (χ0) is 31.7. The normalized spacial score (nSPS) is 15.7. The molecule has 0 aliphatic carbocycles. The van der Waals surface area contributed by atoms with Crippen LogP contribution in [0.2, 0.25) is 0 Å². The Bertz CT molecular complexity index is 1700. The van der Waals surface area contributed by atoms with Crippen molar-refractivity contribution in [1.29, 1.82) is 0 Å². The second kappa shape index (κ2) is 12.6. The van der Waals surface area contributed by atoms with Crippen LogP contribution < -0.4 is 20.5 Å². The quantitative estimate of drug-likeness (QED) is 0.391. The van der Waals surface area contributed by atoms with Gasteiger partial charge in [0.05, 0.1) is 25.5 Å². The van der Waals surface area contributed by atoms with Gasteiger partial charge in [-0.1, -0.05) is 12.6 Å². The largest absolute Gasteiger partial charge is 0.493 e. The standard InChI is InChI=1S/C32H34F2N4O6/c1-17-15-38(9-11-43-16-17)21-13-24(33)27(25(34)14-21)30(39)36-26(32(41)42)12-20-7-8-23(29-22(20)6-5-10-44-29)28-31(40)37(4)19(3)18(2)35-28/h7-8,13-14,26H,1,5-6,9-12,15-16H2,2-4H3,(H,36,39)(H,41,42)/t26-/m0/s1. The van der Waals surface area contributed by atoms with Crippen molar-refractivity contribution < 1.29 is 33.0 Å². The van der Waals surface area contributed by atoms with Crippen LogP contribution in [0.1, 0.15) is 39.3 Å². The Hall–Kier alpha value is -4.58. The minimum Gasteiger partial charge on any atom is -0.493 e. The van der Waals surface area contributed by atoms with Crippen LogP contribution in [-0.4, -0.2) is 65.5 Å². The van der Waals surface area contributed by atoms with Crippen molar-refractivity contribution in [1.82, 2.24) is 14.9 Å². The van der Waals surface area contributed by atoms with Crippen molar-refractivity contribution in [3.05, 3.63) is 86.5 Å². The molecule has 5 rings (SSSR count). The number of carboxylic acids is 1. The van der Waals surface area contributed by atoms with Crippen molar-refractivity contribution in [2.45, 2.75) is 39.2 Å². The number of halogens is 2. The molecule has 1 aromatic heterocycles. The molecule has 12 heteroatoms. The van der Waals surface area contributed by atoms with Gasteiger partial charge in [0.25, 0.3) is 11.5 Å². The van der Waals surface area contributed by atoms with E-state index in [2.05, 4.69) is 16.9 Å². The maximum absolute atomic E-state index is 15.2. The fourth-order valence-corrected chi connectivity index (χ4v) is 5.55. The van der Waals surface area contributed by atoms with E-state index in [4.69, 9.17) is 9.47 Å². The van der Waals surface area contributed by atoms with Gasteiger partial charge in [0.1, 0.15) is 34.7 Å². The first-order chi connectivity index (χ1) is 21.0. The van der Waals surface area contributed by atoms with Crippen molar-refractivity contribution >= 4 is 17.6 Å². The molecule has 0 unspecified atom stereocenters. The monoisotopic (exact) mass is 608 g/mol. The molecule has 2 N–H and O–H groups in total. The molecule has 0 radical (unpaired) electrons. The summed E-state index contributed by atoms with van der Waals surface area (Å²) < 4.78 is 43.2. The van der Waals surface area contributed by atoms with E-state index < -0.39 is 35.1 Å². The van der Waals surface area contributed by atoms with Gasteiger partial charge < -0.3 is 29.4 Å². The molecule has 232 valence electrons. The molecule has 0 saturated carbocycles. The molecule has 3 aromatic rings. The average Bonchev–Trinajstić information content (AvgIpc) is 3.21. The number of aryl methyl sites for hydroxylation is 1. The van der Waals surface area contributed by atoms with E-state index in [9.17, 15) is 19.5 Å². The van der Waals surface area contributed by atoms with E-state index >= 15 is 8.78 Å². The summed E-state index contributed by atoms with van der Waals surface area (Å²) in [6.45, 7) is 9.31. The molecule has 1 amide bonds. The highest BCUT2D eigenvalue weighted by molar-refractivity contribution is 5.97. The first kappa shape index (κ1) is 30.9. The van der Waals surface area contributed by atoms with Crippen LogP contribution in [0.15, 0.2) is 41.2 Å². The van der Waals surface area contributed by atoms with E-state index in [0.717, 1.165) is 23.4 Å². The van der Waals surface area contributed by atoms with Crippen LogP contribution in [-0.2, 0) is 29.4 Å². The number of aromatic nitrogens is 2. The molecular weight excluding hydrogens is 574 g/mol. The summed E-state index contributed by atoms with van der Waals surface area (Å²) >= 11 is 0. The third kappa shape index (κ3) is 6.07. The summed E-state index contributed by atoms with van der Waals surface area (Å²) in [7, 11) is 1.66. The lowest BCUT2D eigenvalue weighted by Crippen LogP contribution is -2.43. The molecule has 44 heavy (non-hydrogen) atoms. The molecule has 1 fully saturated rings. The lowest BCUT2D eigenvalue weighted by molar-refractivity contribution is -0.139. The highest BCUT2D eigenvalue weighted by atomic mass is 19.1. The van der Waals surface area contributed by atoms with Gasteiger partial charge in [-0.05, 0) is 61.6 Å². The van der Waals surface area contributed by atoms with Gasteiger partial charge in [-0.25, -0.2) is 18.6 Å². The van der Waals surface area contributed by atoms with E-state index in [1.165, 1.54) is 4.57 Å². The van der Waals surface area contributed by atoms with Crippen LogP contribution in [0.4, 0.5) is 14.5 Å². The number of nitrogens with zero attached hydrogens (tertiary/aromatic N) is 3. The first-order valence-corrected chi connectivity index (χ1v) is 14.3. The Morgan fingerprint density at radius 3 is 2.61 bits per heavy atom. The summed E-state index contributed by atoms with van der Waals surface area (Å²) in [5, 5.41) is 12.3. The van der Waals surface area contributed by atoms with Crippen LogP contribution >= 0.6 is 0 Å². The Morgan fingerprint density at radius 2 is 1.91 bits per heavy atom. The molecule has 0 spiro atoms. The van der Waals surface area contributed by atoms with Gasteiger partial charge in [-0.3, -0.25) is 9.59 Å². The number of hydrogen-bond donors (Lipinski definition) is 2. The van der Waals surface area contributed by atoms with E-state index in [-0.39, 0.29) is 23.4 Å². The van der Waals surface area contributed by atoms with E-state index in [1.54, 1.807) is 37.9 Å². The number of hydrogen-bond acceptors (Lipinski definition) is 7. The van der Waals surface area contributed by atoms with Crippen molar-refractivity contribution in [3.8, 4) is 17.0 Å². The highest BCUT2D eigenvalue weighted by Crippen LogP contribution is 2.37. The Labute approximate surface area is 252 Å².